The number of rotatable bonds is 17. The predicted octanol–water partition coefficient (Wildman–Crippen LogP) is 9.80. The molecule has 2 aliphatic heterocycles. The molecule has 0 saturated heterocycles. The summed E-state index contributed by atoms with van der Waals surface area (Å²) in [5.41, 5.74) is 1.26. The van der Waals surface area contributed by atoms with Crippen molar-refractivity contribution < 1.29 is 127 Å². The summed E-state index contributed by atoms with van der Waals surface area (Å²) in [7, 11) is 0. The van der Waals surface area contributed by atoms with Gasteiger partial charge in [-0.2, -0.15) is 0 Å². The Balaban J connectivity index is 0.000000236. The number of amides is 4. The normalized spacial score (nSPS) is 21.2. The zero-order chi connectivity index (χ0) is 58.9. The third kappa shape index (κ3) is 14.8. The fourth-order valence-corrected chi connectivity index (χ4v) is 12.4. The molecule has 6 unspecified atom stereocenters. The predicted molar refractivity (Wildman–Crippen MR) is 275 cm³/mol. The number of anilines is 2. The second-order valence-corrected chi connectivity index (χ2v) is 21.2. The van der Waals surface area contributed by atoms with Crippen LogP contribution in [0.3, 0.4) is 0 Å². The maximum atomic E-state index is 13.9. The van der Waals surface area contributed by atoms with Gasteiger partial charge in [-0.15, -0.1) is 26.3 Å². The van der Waals surface area contributed by atoms with E-state index >= 15 is 0 Å². The van der Waals surface area contributed by atoms with Crippen LogP contribution in [-0.2, 0) is 23.9 Å². The number of fused-ring (bicyclic) bond motifs is 4. The molecule has 4 saturated carbocycles. The van der Waals surface area contributed by atoms with Crippen LogP contribution in [0.2, 0.25) is 0 Å². The Kier molecular flexibility index (Phi) is 20.8. The number of nitrogens with zero attached hydrogens (tertiary/aromatic N) is 4. The van der Waals surface area contributed by atoms with Crippen molar-refractivity contribution in [1.82, 2.24) is 9.80 Å². The van der Waals surface area contributed by atoms with Gasteiger partial charge in [0, 0.05) is 82.5 Å². The number of carbonyl (C=O) groups excluding carboxylic acids is 5. The van der Waals surface area contributed by atoms with E-state index in [-0.39, 0.29) is 137 Å². The first kappa shape index (κ1) is 65.1. The van der Waals surface area contributed by atoms with Gasteiger partial charge >= 0.3 is 54.2 Å². The molecule has 2 heterocycles. The molecule has 6 aliphatic rings. The number of ether oxygens (including phenoxy) is 3. The number of alkyl halides is 10. The Bertz CT molecular complexity index is 3040. The van der Waals surface area contributed by atoms with Crippen LogP contribution in [0.25, 0.3) is 0 Å². The first-order valence-corrected chi connectivity index (χ1v) is 27.1. The molecule has 4 aromatic carbocycles. The largest absolute Gasteiger partial charge is 1.00 e. The molecule has 15 nitrogen and oxygen atoms in total. The van der Waals surface area contributed by atoms with Gasteiger partial charge in [-0.05, 0) is 142 Å². The number of aliphatic carboxylic acids is 1. The van der Waals surface area contributed by atoms with Gasteiger partial charge in [0.25, 0.3) is 24.7 Å². The Morgan fingerprint density at radius 1 is 0.560 bits per heavy atom. The minimum atomic E-state index is -4.89. The zero-order valence-corrected chi connectivity index (χ0v) is 47.6. The molecule has 0 spiro atoms. The molecule has 6 atom stereocenters. The van der Waals surface area contributed by atoms with E-state index in [9.17, 15) is 72.7 Å². The van der Waals surface area contributed by atoms with Crippen LogP contribution in [-0.4, -0.2) is 99.4 Å². The van der Waals surface area contributed by atoms with Crippen molar-refractivity contribution in [2.24, 2.45) is 11.8 Å². The summed E-state index contributed by atoms with van der Waals surface area (Å²) in [5.74, 6) is -4.73. The van der Waals surface area contributed by atoms with Gasteiger partial charge in [0.2, 0.25) is 11.8 Å². The topological polar surface area (TPSA) is 193 Å². The summed E-state index contributed by atoms with van der Waals surface area (Å²) < 4.78 is 144. The number of carboxylic acids is 1. The molecule has 0 bridgehead atoms. The van der Waals surface area contributed by atoms with E-state index in [0.717, 1.165) is 43.5 Å². The smallest absolute Gasteiger partial charge is 0.870 e. The van der Waals surface area contributed by atoms with E-state index < -0.39 is 72.9 Å². The average molecular weight is 1200 g/mol. The Morgan fingerprint density at radius 3 is 1.27 bits per heavy atom. The summed E-state index contributed by atoms with van der Waals surface area (Å²) >= 11 is 0. The first-order chi connectivity index (χ1) is 38.9. The molecule has 84 heavy (non-hydrogen) atoms. The molecular weight excluding hydrogens is 1140 g/mol. The molecule has 4 amide bonds. The van der Waals surface area contributed by atoms with E-state index in [1.54, 1.807) is 21.6 Å². The van der Waals surface area contributed by atoms with Crippen LogP contribution < -0.4 is 48.8 Å². The van der Waals surface area contributed by atoms with E-state index in [1.807, 2.05) is 0 Å². The molecule has 26 heteroatoms. The number of carboxylic acid groups (broad SMARTS) is 1. The van der Waals surface area contributed by atoms with E-state index in [1.165, 1.54) is 65.6 Å². The zero-order valence-electron chi connectivity index (χ0n) is 45.6. The van der Waals surface area contributed by atoms with Crippen molar-refractivity contribution in [2.45, 2.75) is 159 Å². The minimum Gasteiger partial charge on any atom is -0.870 e. The molecule has 448 valence electrons. The van der Waals surface area contributed by atoms with E-state index in [4.69, 9.17) is 9.84 Å². The number of hydrogen-bond acceptors (Lipinski definition) is 10. The molecular formula is C58H59F10N4NaO11. The van der Waals surface area contributed by atoms with Crippen LogP contribution in [0.1, 0.15) is 165 Å². The number of esters is 1. The number of halogens is 10. The van der Waals surface area contributed by atoms with Crippen molar-refractivity contribution in [1.29, 1.82) is 0 Å². The number of benzene rings is 4. The standard InChI is InChI=1S/C30H31F5N2O5.C28H27F5N2O5.Na.H2O/c1-2-41-26(39)15-14-25(38)36(19-9-10-19)27-21-4-3-5-23(21)37(24-13-8-18(28(31)32)16-22(24)27)29(40)17-6-11-20(12-7-17)42-30(33,34)35;29-26(30)16-6-11-22-20(14-16)25(34(17-7-8-17)23(36)12-13-24(37)38)19-2-1-3-21(19)35(22)27(39)15-4-9-18(10-5-15)40-28(31,32)33;;/h6-8,11-13,16,19,21,23,27-28H,2-5,9-10,14-15H2,1H3;4-6,9-11,14,17,19,21,25-26H,1-3,7-8,12-13H2,(H,37,38);;1H2/q;;+1;/p-1. The average Bonchev–Trinajstić information content (AvgIpc) is 1.74. The third-order valence-corrected chi connectivity index (χ3v) is 15.9. The van der Waals surface area contributed by atoms with Crippen LogP contribution >= 0.6 is 0 Å². The second-order valence-electron chi connectivity index (χ2n) is 21.2. The van der Waals surface area contributed by atoms with E-state index in [0.29, 0.717) is 67.4 Å². The Labute approximate surface area is 498 Å². The van der Waals surface area contributed by atoms with Crippen molar-refractivity contribution >= 4 is 46.9 Å². The van der Waals surface area contributed by atoms with Gasteiger partial charge in [-0.3, -0.25) is 28.8 Å². The first-order valence-electron chi connectivity index (χ1n) is 27.1. The molecule has 4 fully saturated rings. The molecule has 4 aliphatic carbocycles. The molecule has 2 N–H and O–H groups in total. The maximum Gasteiger partial charge on any atom is 1.00 e. The van der Waals surface area contributed by atoms with E-state index in [2.05, 4.69) is 9.47 Å². The van der Waals surface area contributed by atoms with Gasteiger partial charge in [0.15, 0.2) is 0 Å². The molecule has 10 rings (SSSR count). The quantitative estimate of drug-likeness (QED) is 0.0601. The van der Waals surface area contributed by atoms with Crippen molar-refractivity contribution in [3.05, 3.63) is 118 Å². The minimum absolute atomic E-state index is 0. The number of hydrogen-bond donors (Lipinski definition) is 1. The summed E-state index contributed by atoms with van der Waals surface area (Å²) in [6.07, 6.45) is -9.29. The van der Waals surface area contributed by atoms with Crippen molar-refractivity contribution in [3.63, 3.8) is 0 Å². The third-order valence-electron chi connectivity index (χ3n) is 15.9. The molecule has 4 aromatic rings. The monoisotopic (exact) mass is 1200 g/mol. The van der Waals surface area contributed by atoms with Gasteiger partial charge in [-0.1, -0.05) is 25.0 Å². The van der Waals surface area contributed by atoms with Crippen molar-refractivity contribution in [3.8, 4) is 11.5 Å². The van der Waals surface area contributed by atoms with Gasteiger partial charge in [0.1, 0.15) is 11.5 Å². The Morgan fingerprint density at radius 2 is 0.940 bits per heavy atom. The van der Waals surface area contributed by atoms with Crippen LogP contribution in [0.15, 0.2) is 84.9 Å². The maximum absolute atomic E-state index is 13.9. The SMILES string of the molecule is CCOC(=O)CCC(=O)N(C1CC1)C1c2cc(C(F)F)ccc2N(C(=O)c2ccc(OC(F)(F)F)cc2)C2CCCC21.O=C(O)CCC(=O)N(C1CC1)C1c2cc(C(F)F)ccc2N(C(=O)c2ccc(OC(F)(F)F)cc2)C2CCCC21.[Na+].[OH-]. The van der Waals surface area contributed by atoms with Crippen LogP contribution in [0.5, 0.6) is 11.5 Å². The molecule has 0 aromatic heterocycles. The van der Waals surface area contributed by atoms with Crippen LogP contribution in [0, 0.1) is 11.8 Å². The summed E-state index contributed by atoms with van der Waals surface area (Å²) in [5, 5.41) is 9.13. The van der Waals surface area contributed by atoms with Gasteiger partial charge < -0.3 is 44.4 Å². The summed E-state index contributed by atoms with van der Waals surface area (Å²) in [6, 6.07) is 15.0. The summed E-state index contributed by atoms with van der Waals surface area (Å²) in [4.78, 5) is 84.3. The summed E-state index contributed by atoms with van der Waals surface area (Å²) in [6.45, 7) is 1.87. The van der Waals surface area contributed by atoms with Crippen molar-refractivity contribution in [2.75, 3.05) is 16.4 Å². The second kappa shape index (κ2) is 26.9. The van der Waals surface area contributed by atoms with Gasteiger partial charge in [0.05, 0.1) is 31.5 Å². The fraction of sp³-hybridized carbons (Fsp3) is 0.483. The Hall–Kier alpha value is -6.44. The van der Waals surface area contributed by atoms with Crippen LogP contribution in [0.4, 0.5) is 55.3 Å². The number of carbonyl (C=O) groups is 6. The van der Waals surface area contributed by atoms with Gasteiger partial charge in [-0.25, -0.2) is 17.6 Å². The fourth-order valence-electron chi connectivity index (χ4n) is 12.4. The molecule has 0 radical (unpaired) electrons.